The Bertz CT molecular complexity index is 1490. The largest absolute Gasteiger partial charge is 0.497 e. The summed E-state index contributed by atoms with van der Waals surface area (Å²) in [5, 5.41) is 17.5. The molecule has 2 aromatic rings. The molecular weight excluding hydrogens is 676 g/mol. The molecule has 4 atom stereocenters. The molecule has 0 aliphatic heterocycles. The average Bonchev–Trinajstić information content (AvgIpc) is 3.09. The van der Waals surface area contributed by atoms with Gasteiger partial charge in [-0.25, -0.2) is 4.79 Å². The number of nitrogens with zero attached hydrogens (tertiary/aromatic N) is 1. The maximum Gasteiger partial charge on any atom is 0.407 e. The number of hydrogen-bond donors (Lipinski definition) is 4. The predicted octanol–water partition coefficient (Wildman–Crippen LogP) is 3.93. The Kier molecular flexibility index (Phi) is 17.7. The second kappa shape index (κ2) is 20.9. The Hall–Kier alpha value is -3.85. The van der Waals surface area contributed by atoms with Gasteiger partial charge in [-0.15, -0.1) is 0 Å². The Morgan fingerprint density at radius 3 is 2.22 bits per heavy atom. The van der Waals surface area contributed by atoms with Crippen molar-refractivity contribution in [1.29, 1.82) is 0 Å². The molecule has 14 heteroatoms. The van der Waals surface area contributed by atoms with E-state index in [1.807, 2.05) is 51.0 Å². The lowest BCUT2D eigenvalue weighted by atomic mass is 9.83. The van der Waals surface area contributed by atoms with Gasteiger partial charge in [0.25, 0.3) is 10.2 Å². The first kappa shape index (κ1) is 43.3. The van der Waals surface area contributed by atoms with Crippen LogP contribution in [0.4, 0.5) is 4.79 Å². The van der Waals surface area contributed by atoms with Crippen LogP contribution in [0.3, 0.4) is 0 Å². The van der Waals surface area contributed by atoms with E-state index < -0.39 is 45.9 Å². The number of carbonyl (C=O) groups is 4. The number of methoxy groups -OCH3 is 1. The summed E-state index contributed by atoms with van der Waals surface area (Å²) in [5.41, 5.74) is 0.284. The van der Waals surface area contributed by atoms with Crippen LogP contribution in [-0.2, 0) is 42.4 Å². The first-order valence-electron chi connectivity index (χ1n) is 17.3. The van der Waals surface area contributed by atoms with Gasteiger partial charge in [0.1, 0.15) is 24.9 Å². The van der Waals surface area contributed by atoms with Crippen molar-refractivity contribution in [3.8, 4) is 5.75 Å². The Labute approximate surface area is 303 Å². The molecule has 0 saturated heterocycles. The van der Waals surface area contributed by atoms with Crippen molar-refractivity contribution in [2.75, 3.05) is 20.2 Å². The summed E-state index contributed by atoms with van der Waals surface area (Å²) in [6.45, 7) is 10.1. The van der Waals surface area contributed by atoms with Crippen LogP contribution in [0, 0.1) is 11.8 Å². The van der Waals surface area contributed by atoms with Gasteiger partial charge >= 0.3 is 6.09 Å². The minimum atomic E-state index is -4.20. The summed E-state index contributed by atoms with van der Waals surface area (Å²) in [6, 6.07) is 15.2. The van der Waals surface area contributed by atoms with E-state index >= 15 is 0 Å². The van der Waals surface area contributed by atoms with Crippen molar-refractivity contribution in [2.24, 2.45) is 11.8 Å². The second-order valence-corrected chi connectivity index (χ2v) is 15.4. The average molecular weight is 733 g/mol. The molecule has 2 amide bonds. The molecule has 3 rings (SSSR count). The van der Waals surface area contributed by atoms with Crippen LogP contribution in [0.2, 0.25) is 0 Å². The van der Waals surface area contributed by atoms with Crippen molar-refractivity contribution in [1.82, 2.24) is 19.7 Å². The number of nitrogens with one attached hydrogen (secondary N) is 3. The van der Waals surface area contributed by atoms with Crippen molar-refractivity contribution < 1.29 is 42.2 Å². The molecule has 1 saturated carbocycles. The molecule has 4 N–H and O–H groups in total. The fraction of sp³-hybridized carbons (Fsp3) is 0.568. The molecule has 0 radical (unpaired) electrons. The van der Waals surface area contributed by atoms with E-state index in [1.165, 1.54) is 20.8 Å². The van der Waals surface area contributed by atoms with E-state index in [0.29, 0.717) is 25.0 Å². The van der Waals surface area contributed by atoms with Crippen molar-refractivity contribution in [2.45, 2.75) is 103 Å². The molecule has 2 aromatic carbocycles. The number of ether oxygens (including phenoxy) is 2. The molecule has 1 aliphatic carbocycles. The molecule has 1 aliphatic rings. The molecule has 1 fully saturated rings. The number of amides is 2. The summed E-state index contributed by atoms with van der Waals surface area (Å²) in [7, 11) is -2.63. The van der Waals surface area contributed by atoms with Crippen LogP contribution in [0.1, 0.15) is 77.8 Å². The van der Waals surface area contributed by atoms with Gasteiger partial charge in [0, 0.05) is 19.1 Å². The van der Waals surface area contributed by atoms with Crippen LogP contribution in [0.25, 0.3) is 0 Å². The maximum atomic E-state index is 13.9. The Morgan fingerprint density at radius 2 is 1.63 bits per heavy atom. The van der Waals surface area contributed by atoms with Gasteiger partial charge in [0.15, 0.2) is 0 Å². The molecule has 0 heterocycles. The summed E-state index contributed by atoms with van der Waals surface area (Å²) < 4.78 is 41.4. The predicted molar refractivity (Wildman–Crippen MR) is 195 cm³/mol. The number of aliphatic hydroxyl groups excluding tert-OH is 1. The van der Waals surface area contributed by atoms with Gasteiger partial charge in [-0.05, 0) is 75.6 Å². The second-order valence-electron chi connectivity index (χ2n) is 13.8. The van der Waals surface area contributed by atoms with Crippen LogP contribution in [-0.4, -0.2) is 86.3 Å². The van der Waals surface area contributed by atoms with E-state index in [4.69, 9.17) is 14.3 Å². The number of hydrogen-bond acceptors (Lipinski definition) is 9. The van der Waals surface area contributed by atoms with Gasteiger partial charge in [0.2, 0.25) is 5.91 Å². The van der Waals surface area contributed by atoms with Gasteiger partial charge in [-0.1, -0.05) is 69.2 Å². The lowest BCUT2D eigenvalue weighted by Gasteiger charge is -2.35. The SMILES string of the molecule is C=O.COc1ccc(COC(=O)NC2CCCCC2C(=O)NC(Cc2ccccc2)C(O)CN(CCC(C)C)S(=O)(=O)NC(C)(C)C(C)=O)cc1. The third kappa shape index (κ3) is 14.4. The normalized spacial score (nSPS) is 17.4. The Balaban J connectivity index is 0.00000442. The maximum absolute atomic E-state index is 13.9. The summed E-state index contributed by atoms with van der Waals surface area (Å²) in [4.78, 5) is 46.9. The highest BCUT2D eigenvalue weighted by Crippen LogP contribution is 2.26. The lowest BCUT2D eigenvalue weighted by molar-refractivity contribution is -0.128. The number of Topliss-reactive ketones (excluding diaryl/α,β-unsaturated/α-hetero) is 1. The zero-order valence-electron chi connectivity index (χ0n) is 30.7. The highest BCUT2D eigenvalue weighted by atomic mass is 32.2. The van der Waals surface area contributed by atoms with Crippen molar-refractivity contribution in [3.63, 3.8) is 0 Å². The summed E-state index contributed by atoms with van der Waals surface area (Å²) >= 11 is 0. The van der Waals surface area contributed by atoms with Crippen molar-refractivity contribution >= 4 is 34.8 Å². The minimum absolute atomic E-state index is 0.0550. The smallest absolute Gasteiger partial charge is 0.407 e. The quantitative estimate of drug-likeness (QED) is 0.177. The topological polar surface area (TPSA) is 180 Å². The fourth-order valence-corrected chi connectivity index (χ4v) is 7.24. The highest BCUT2D eigenvalue weighted by Gasteiger charge is 2.37. The standard InChI is InChI=1S/C36H54N4O8S.CH2O/c1-25(2)20-21-40(49(45,46)39-36(4,5)26(3)41)23-33(42)32(22-27-12-8-7-9-13-27)37-34(43)30-14-10-11-15-31(30)38-35(44)48-24-28-16-18-29(47-6)19-17-28;1-2/h7-9,12-13,16-19,25,30-33,39,42H,10-11,14-15,20-24H2,1-6H3,(H,37,43)(H,38,44);1H2. The summed E-state index contributed by atoms with van der Waals surface area (Å²) in [6.07, 6.45) is 1.58. The van der Waals surface area contributed by atoms with Gasteiger partial charge in [0.05, 0.1) is 30.7 Å². The van der Waals surface area contributed by atoms with E-state index in [0.717, 1.165) is 28.3 Å². The van der Waals surface area contributed by atoms with Crippen molar-refractivity contribution in [3.05, 3.63) is 65.7 Å². The van der Waals surface area contributed by atoms with E-state index in [2.05, 4.69) is 15.4 Å². The van der Waals surface area contributed by atoms with Crippen LogP contribution < -0.4 is 20.1 Å². The number of carbonyl (C=O) groups excluding carboxylic acids is 4. The number of alkyl carbamates (subject to hydrolysis) is 1. The molecule has 0 aromatic heterocycles. The fourth-order valence-electron chi connectivity index (χ4n) is 5.63. The third-order valence-corrected chi connectivity index (χ3v) is 10.8. The lowest BCUT2D eigenvalue weighted by Crippen LogP contribution is -2.58. The molecular formula is C37H56N4O9S. The number of aliphatic hydroxyl groups is 1. The number of benzene rings is 2. The third-order valence-electron chi connectivity index (χ3n) is 8.98. The molecule has 13 nitrogen and oxygen atoms in total. The molecule has 4 unspecified atom stereocenters. The first-order chi connectivity index (χ1) is 24.1. The first-order valence-corrected chi connectivity index (χ1v) is 18.7. The summed E-state index contributed by atoms with van der Waals surface area (Å²) in [5.74, 6) is -0.401. The number of ketones is 1. The highest BCUT2D eigenvalue weighted by molar-refractivity contribution is 7.87. The molecule has 51 heavy (non-hydrogen) atoms. The number of rotatable bonds is 18. The monoisotopic (exact) mass is 732 g/mol. The molecule has 0 spiro atoms. The van der Waals surface area contributed by atoms with Crippen LogP contribution in [0.5, 0.6) is 5.75 Å². The van der Waals surface area contributed by atoms with Crippen LogP contribution in [0.15, 0.2) is 54.6 Å². The van der Waals surface area contributed by atoms with E-state index in [1.54, 1.807) is 31.4 Å². The molecule has 284 valence electrons. The van der Waals surface area contributed by atoms with Gasteiger partial charge in [-0.3, -0.25) is 9.59 Å². The zero-order chi connectivity index (χ0) is 38.2. The van der Waals surface area contributed by atoms with Gasteiger partial charge in [-0.2, -0.15) is 17.4 Å². The Morgan fingerprint density at radius 1 is 1.00 bits per heavy atom. The van der Waals surface area contributed by atoms with E-state index in [-0.39, 0.29) is 43.7 Å². The molecule has 0 bridgehead atoms. The van der Waals surface area contributed by atoms with Crippen LogP contribution >= 0.6 is 0 Å². The van der Waals surface area contributed by atoms with Gasteiger partial charge < -0.3 is 30.0 Å². The zero-order valence-corrected chi connectivity index (χ0v) is 31.5. The minimum Gasteiger partial charge on any atom is -0.497 e. The van der Waals surface area contributed by atoms with E-state index in [9.17, 15) is 27.9 Å².